The first-order chi connectivity index (χ1) is 22.5. The highest BCUT2D eigenvalue weighted by molar-refractivity contribution is 5.91. The SMILES string of the molecule is CC[C@]1(N)C[C@H](c2ncc(OCCO)c(Cc3cc(C(F)(F)F)cc(C(F)(F)F)c3)n2)c2nc(OC)ccc2N1C(=O)OCCC(=O)O. The van der Waals surface area contributed by atoms with Gasteiger partial charge in [-0.15, -0.1) is 0 Å². The number of rotatable bonds is 11. The van der Waals surface area contributed by atoms with Crippen LogP contribution in [0.2, 0.25) is 0 Å². The number of carbonyl (C=O) groups excluding carboxylic acids is 1. The van der Waals surface area contributed by atoms with E-state index in [1.54, 1.807) is 6.92 Å². The number of carboxylic acids is 1. The first kappa shape index (κ1) is 36.1. The summed E-state index contributed by atoms with van der Waals surface area (Å²) in [7, 11) is 1.34. The second-order valence-electron chi connectivity index (χ2n) is 10.8. The third kappa shape index (κ3) is 8.04. The highest BCUT2D eigenvalue weighted by atomic mass is 19.4. The number of aliphatic hydroxyl groups is 1. The maximum atomic E-state index is 13.6. The van der Waals surface area contributed by atoms with Crippen molar-refractivity contribution in [2.45, 2.75) is 56.5 Å². The number of aliphatic hydroxyl groups excluding tert-OH is 1. The van der Waals surface area contributed by atoms with Crippen molar-refractivity contribution < 1.29 is 60.4 Å². The molecule has 2 aromatic heterocycles. The number of nitrogens with two attached hydrogens (primary N) is 1. The van der Waals surface area contributed by atoms with E-state index >= 15 is 0 Å². The molecule has 3 heterocycles. The molecule has 0 saturated heterocycles. The molecule has 1 aliphatic heterocycles. The Labute approximate surface area is 269 Å². The molecule has 0 spiro atoms. The summed E-state index contributed by atoms with van der Waals surface area (Å²) in [6.07, 6.45) is -10.9. The molecule has 18 heteroatoms. The first-order valence-corrected chi connectivity index (χ1v) is 14.4. The van der Waals surface area contributed by atoms with Crippen molar-refractivity contribution in [3.8, 4) is 11.6 Å². The smallest absolute Gasteiger partial charge is 0.416 e. The van der Waals surface area contributed by atoms with E-state index in [4.69, 9.17) is 25.1 Å². The lowest BCUT2D eigenvalue weighted by Crippen LogP contribution is -2.62. The molecule has 260 valence electrons. The molecule has 48 heavy (non-hydrogen) atoms. The quantitative estimate of drug-likeness (QED) is 0.235. The molecule has 1 amide bonds. The van der Waals surface area contributed by atoms with Gasteiger partial charge in [-0.25, -0.2) is 19.7 Å². The number of nitrogens with zero attached hydrogens (tertiary/aromatic N) is 4. The topological polar surface area (TPSA) is 170 Å². The van der Waals surface area contributed by atoms with Crippen molar-refractivity contribution >= 4 is 17.7 Å². The molecule has 4 rings (SSSR count). The minimum atomic E-state index is -5.08. The van der Waals surface area contributed by atoms with E-state index in [9.17, 15) is 41.0 Å². The zero-order valence-electron chi connectivity index (χ0n) is 25.6. The Morgan fingerprint density at radius 3 is 2.29 bits per heavy atom. The fourth-order valence-corrected chi connectivity index (χ4v) is 5.18. The zero-order chi connectivity index (χ0) is 35.4. The first-order valence-electron chi connectivity index (χ1n) is 14.4. The largest absolute Gasteiger partial charge is 0.488 e. The van der Waals surface area contributed by atoms with Gasteiger partial charge in [0.2, 0.25) is 5.88 Å². The zero-order valence-corrected chi connectivity index (χ0v) is 25.6. The van der Waals surface area contributed by atoms with E-state index in [2.05, 4.69) is 15.0 Å². The Morgan fingerprint density at radius 2 is 1.73 bits per heavy atom. The number of hydrogen-bond donors (Lipinski definition) is 3. The number of anilines is 1. The molecule has 4 N–H and O–H groups in total. The number of halogens is 6. The van der Waals surface area contributed by atoms with Gasteiger partial charge >= 0.3 is 24.4 Å². The van der Waals surface area contributed by atoms with E-state index < -0.39 is 73.2 Å². The van der Waals surface area contributed by atoms with Gasteiger partial charge in [-0.3, -0.25) is 9.69 Å². The summed E-state index contributed by atoms with van der Waals surface area (Å²) in [6.45, 7) is 0.492. The summed E-state index contributed by atoms with van der Waals surface area (Å²) in [5.41, 5.74) is 2.09. The van der Waals surface area contributed by atoms with Crippen LogP contribution in [0.25, 0.3) is 0 Å². The van der Waals surface area contributed by atoms with E-state index in [1.165, 1.54) is 25.4 Å². The Hall–Kier alpha value is -4.71. The molecule has 0 bridgehead atoms. The molecule has 0 unspecified atom stereocenters. The molecular formula is C30H31F6N5O7. The van der Waals surface area contributed by atoms with Crippen molar-refractivity contribution in [2.24, 2.45) is 5.73 Å². The van der Waals surface area contributed by atoms with Crippen LogP contribution in [-0.2, 0) is 28.3 Å². The molecule has 1 aliphatic rings. The normalized spacial score (nSPS) is 17.9. The number of aromatic nitrogens is 3. The van der Waals surface area contributed by atoms with Gasteiger partial charge in [0.05, 0.1) is 60.5 Å². The van der Waals surface area contributed by atoms with E-state index in [-0.39, 0.29) is 65.6 Å². The lowest BCUT2D eigenvalue weighted by Gasteiger charge is -2.46. The molecule has 12 nitrogen and oxygen atoms in total. The van der Waals surface area contributed by atoms with E-state index in [0.717, 1.165) is 4.90 Å². The number of benzene rings is 1. The lowest BCUT2D eigenvalue weighted by atomic mass is 9.83. The monoisotopic (exact) mass is 687 g/mol. The number of aliphatic carboxylic acids is 1. The average molecular weight is 688 g/mol. The minimum absolute atomic E-state index is 0.00598. The highest BCUT2D eigenvalue weighted by Gasteiger charge is 2.47. The van der Waals surface area contributed by atoms with Crippen LogP contribution in [0, 0.1) is 0 Å². The number of hydrogen-bond acceptors (Lipinski definition) is 10. The fourth-order valence-electron chi connectivity index (χ4n) is 5.18. The van der Waals surface area contributed by atoms with Gasteiger partial charge < -0.3 is 30.2 Å². The Kier molecular flexibility index (Phi) is 10.7. The number of fused-ring (bicyclic) bond motifs is 1. The number of amides is 1. The third-order valence-corrected chi connectivity index (χ3v) is 7.52. The Bertz CT molecular complexity index is 1620. The summed E-state index contributed by atoms with van der Waals surface area (Å²) in [5, 5.41) is 18.2. The fraction of sp³-hybridized carbons (Fsp3) is 0.433. The standard InChI is InChI=1S/C30H31F6N5O7/c1-3-28(37)14-19(25-21(4-5-23(40-25)46-2)41(28)27(45)48-8-6-24(43)44)26-38-15-22(47-9-7-42)20(39-26)12-16-10-17(29(31,32)33)13-18(11-16)30(34,35)36/h4-5,10-11,13,15,19,42H,3,6-9,12,14,37H2,1-2H3,(H,43,44)/t19-,28+/m0/s1. The van der Waals surface area contributed by atoms with Crippen LogP contribution in [0.15, 0.2) is 36.5 Å². The summed E-state index contributed by atoms with van der Waals surface area (Å²) in [4.78, 5) is 38.7. The van der Waals surface area contributed by atoms with Crippen LogP contribution < -0.4 is 20.1 Å². The average Bonchev–Trinajstić information content (AvgIpc) is 3.02. The van der Waals surface area contributed by atoms with Gasteiger partial charge in [0.25, 0.3) is 0 Å². The van der Waals surface area contributed by atoms with Crippen molar-refractivity contribution in [1.82, 2.24) is 15.0 Å². The molecule has 0 aliphatic carbocycles. The van der Waals surface area contributed by atoms with Crippen LogP contribution in [0.5, 0.6) is 11.6 Å². The molecular weight excluding hydrogens is 656 g/mol. The third-order valence-electron chi connectivity index (χ3n) is 7.52. The van der Waals surface area contributed by atoms with Gasteiger partial charge in [0.1, 0.15) is 24.7 Å². The second-order valence-corrected chi connectivity index (χ2v) is 10.8. The molecule has 0 radical (unpaired) electrons. The Balaban J connectivity index is 1.84. The van der Waals surface area contributed by atoms with Crippen molar-refractivity contribution in [2.75, 3.05) is 31.8 Å². The molecule has 3 aromatic rings. The van der Waals surface area contributed by atoms with E-state index in [0.29, 0.717) is 12.1 Å². The summed E-state index contributed by atoms with van der Waals surface area (Å²) >= 11 is 0. The number of pyridine rings is 1. The van der Waals surface area contributed by atoms with Crippen molar-refractivity contribution in [1.29, 1.82) is 0 Å². The van der Waals surface area contributed by atoms with Gasteiger partial charge in [-0.2, -0.15) is 26.3 Å². The lowest BCUT2D eigenvalue weighted by molar-refractivity contribution is -0.143. The molecule has 0 fully saturated rings. The summed E-state index contributed by atoms with van der Waals surface area (Å²) in [5.74, 6) is -2.09. The van der Waals surface area contributed by atoms with Crippen molar-refractivity contribution in [3.05, 3.63) is 70.4 Å². The van der Waals surface area contributed by atoms with Gasteiger partial charge in [0, 0.05) is 12.5 Å². The summed E-state index contributed by atoms with van der Waals surface area (Å²) < 4.78 is 97.5. The number of carboxylic acid groups (broad SMARTS) is 1. The van der Waals surface area contributed by atoms with Gasteiger partial charge in [-0.1, -0.05) is 6.92 Å². The second kappa shape index (κ2) is 14.2. The highest BCUT2D eigenvalue weighted by Crippen LogP contribution is 2.46. The number of methoxy groups -OCH3 is 1. The molecule has 0 saturated carbocycles. The molecule has 1 aromatic carbocycles. The number of ether oxygens (including phenoxy) is 3. The predicted molar refractivity (Wildman–Crippen MR) is 154 cm³/mol. The minimum Gasteiger partial charge on any atom is -0.488 e. The van der Waals surface area contributed by atoms with Gasteiger partial charge in [0.15, 0.2) is 5.75 Å². The summed E-state index contributed by atoms with van der Waals surface area (Å²) in [6, 6.07) is 4.08. The van der Waals surface area contributed by atoms with Gasteiger partial charge in [-0.05, 0) is 42.7 Å². The van der Waals surface area contributed by atoms with E-state index in [1.807, 2.05) is 0 Å². The van der Waals surface area contributed by atoms with Crippen molar-refractivity contribution in [3.63, 3.8) is 0 Å². The van der Waals surface area contributed by atoms with Crippen LogP contribution >= 0.6 is 0 Å². The van der Waals surface area contributed by atoms with Crippen LogP contribution in [0.3, 0.4) is 0 Å². The maximum absolute atomic E-state index is 13.6. The maximum Gasteiger partial charge on any atom is 0.416 e. The van der Waals surface area contributed by atoms with Crippen LogP contribution in [0.4, 0.5) is 36.8 Å². The Morgan fingerprint density at radius 1 is 1.06 bits per heavy atom. The number of alkyl halides is 6. The number of carbonyl (C=O) groups is 2. The van der Waals surface area contributed by atoms with Crippen LogP contribution in [0.1, 0.15) is 66.0 Å². The predicted octanol–water partition coefficient (Wildman–Crippen LogP) is 4.90. The molecule has 2 atom stereocenters. The van der Waals surface area contributed by atoms with Crippen LogP contribution in [-0.4, -0.2) is 69.8 Å².